The molecule has 2 aromatic rings. The molecule has 0 atom stereocenters. The summed E-state index contributed by atoms with van der Waals surface area (Å²) in [6.45, 7) is 2.09. The van der Waals surface area contributed by atoms with E-state index in [1.165, 1.54) is 10.9 Å². The molecule has 0 aliphatic heterocycles. The molecule has 2 aromatic heterocycles. The van der Waals surface area contributed by atoms with Crippen LogP contribution in [0.5, 0.6) is 0 Å². The zero-order chi connectivity index (χ0) is 8.55. The Balaban J connectivity index is 2.96. The second-order valence-electron chi connectivity index (χ2n) is 2.64. The summed E-state index contributed by atoms with van der Waals surface area (Å²) in [6.07, 6.45) is 5.47. The predicted octanol–water partition coefficient (Wildman–Crippen LogP) is 2.54. The van der Waals surface area contributed by atoms with Gasteiger partial charge in [0.25, 0.3) is 0 Å². The summed E-state index contributed by atoms with van der Waals surface area (Å²) in [6, 6.07) is 2.02. The molecule has 0 fully saturated rings. The number of fused-ring (bicyclic) bond motifs is 1. The standard InChI is InChI=1S/C9H7IN2/c1-6-2-3-12-8-5-11-4-7(10)9(6)8/h2-5H,1H3. The lowest BCUT2D eigenvalue weighted by molar-refractivity contribution is 1.28. The second kappa shape index (κ2) is 2.97. The number of aromatic nitrogens is 2. The topological polar surface area (TPSA) is 25.8 Å². The molecule has 0 amide bonds. The van der Waals surface area contributed by atoms with Crippen molar-refractivity contribution < 1.29 is 0 Å². The molecular weight excluding hydrogens is 263 g/mol. The maximum atomic E-state index is 4.24. The molecule has 0 aliphatic carbocycles. The molecule has 2 heterocycles. The van der Waals surface area contributed by atoms with E-state index in [0.717, 1.165) is 9.09 Å². The van der Waals surface area contributed by atoms with Crippen molar-refractivity contribution in [1.29, 1.82) is 0 Å². The van der Waals surface area contributed by atoms with E-state index >= 15 is 0 Å². The van der Waals surface area contributed by atoms with Crippen LogP contribution in [0.1, 0.15) is 5.56 Å². The maximum Gasteiger partial charge on any atom is 0.0898 e. The smallest absolute Gasteiger partial charge is 0.0898 e. The molecule has 0 spiro atoms. The number of hydrogen-bond donors (Lipinski definition) is 0. The average molecular weight is 270 g/mol. The van der Waals surface area contributed by atoms with Crippen LogP contribution in [0.4, 0.5) is 0 Å². The van der Waals surface area contributed by atoms with Crippen LogP contribution in [-0.2, 0) is 0 Å². The predicted molar refractivity (Wildman–Crippen MR) is 57.0 cm³/mol. The van der Waals surface area contributed by atoms with Gasteiger partial charge < -0.3 is 0 Å². The number of pyridine rings is 2. The monoisotopic (exact) mass is 270 g/mol. The van der Waals surface area contributed by atoms with Gasteiger partial charge in [-0.3, -0.25) is 9.97 Å². The molecule has 3 heteroatoms. The Morgan fingerprint density at radius 3 is 2.92 bits per heavy atom. The van der Waals surface area contributed by atoms with Crippen LogP contribution in [0.15, 0.2) is 24.7 Å². The van der Waals surface area contributed by atoms with Gasteiger partial charge >= 0.3 is 0 Å². The van der Waals surface area contributed by atoms with E-state index in [2.05, 4.69) is 39.5 Å². The Labute approximate surface area is 84.2 Å². The molecule has 0 aromatic carbocycles. The highest BCUT2D eigenvalue weighted by molar-refractivity contribution is 14.1. The lowest BCUT2D eigenvalue weighted by Crippen LogP contribution is -1.86. The summed E-state index contributed by atoms with van der Waals surface area (Å²) in [4.78, 5) is 8.32. The number of rotatable bonds is 0. The SMILES string of the molecule is Cc1ccnc2cncc(I)c12. The molecule has 2 nitrogen and oxygen atoms in total. The van der Waals surface area contributed by atoms with Gasteiger partial charge in [0.2, 0.25) is 0 Å². The Bertz CT molecular complexity index is 389. The number of halogens is 1. The van der Waals surface area contributed by atoms with E-state index in [1.807, 2.05) is 18.5 Å². The molecule has 0 aliphatic rings. The van der Waals surface area contributed by atoms with Crippen molar-refractivity contribution >= 4 is 33.5 Å². The third-order valence-corrected chi connectivity index (χ3v) is 2.63. The van der Waals surface area contributed by atoms with Gasteiger partial charge in [0, 0.05) is 21.4 Å². The van der Waals surface area contributed by atoms with Crippen molar-refractivity contribution in [3.05, 3.63) is 33.8 Å². The average Bonchev–Trinajstić information content (AvgIpc) is 2.04. The van der Waals surface area contributed by atoms with Gasteiger partial charge in [0.05, 0.1) is 11.7 Å². The molecule has 0 unspecified atom stereocenters. The number of nitrogens with zero attached hydrogens (tertiary/aromatic N) is 2. The first kappa shape index (κ1) is 7.91. The number of aryl methyl sites for hydroxylation is 1. The van der Waals surface area contributed by atoms with Gasteiger partial charge in [-0.05, 0) is 41.1 Å². The van der Waals surface area contributed by atoms with Crippen LogP contribution in [0.3, 0.4) is 0 Å². The van der Waals surface area contributed by atoms with Gasteiger partial charge in [-0.25, -0.2) is 0 Å². The molecule has 0 saturated carbocycles. The van der Waals surface area contributed by atoms with Gasteiger partial charge in [0.1, 0.15) is 0 Å². The lowest BCUT2D eigenvalue weighted by atomic mass is 10.2. The van der Waals surface area contributed by atoms with Gasteiger partial charge in [0.15, 0.2) is 0 Å². The Hall–Kier alpha value is -0.710. The summed E-state index contributed by atoms with van der Waals surface area (Å²) >= 11 is 2.28. The van der Waals surface area contributed by atoms with E-state index < -0.39 is 0 Å². The molecule has 60 valence electrons. The summed E-state index contributed by atoms with van der Waals surface area (Å²) < 4.78 is 1.16. The highest BCUT2D eigenvalue weighted by Crippen LogP contribution is 2.20. The zero-order valence-corrected chi connectivity index (χ0v) is 8.74. The quantitative estimate of drug-likeness (QED) is 0.687. The van der Waals surface area contributed by atoms with Crippen LogP contribution >= 0.6 is 22.6 Å². The number of hydrogen-bond acceptors (Lipinski definition) is 2. The van der Waals surface area contributed by atoms with Crippen molar-refractivity contribution in [1.82, 2.24) is 9.97 Å². The molecular formula is C9H7IN2. The third-order valence-electron chi connectivity index (χ3n) is 1.81. The first-order valence-corrected chi connectivity index (χ1v) is 4.72. The highest BCUT2D eigenvalue weighted by Gasteiger charge is 2.01. The van der Waals surface area contributed by atoms with Crippen molar-refractivity contribution in [2.24, 2.45) is 0 Å². The first-order valence-electron chi connectivity index (χ1n) is 3.64. The summed E-state index contributed by atoms with van der Waals surface area (Å²) in [7, 11) is 0. The first-order chi connectivity index (χ1) is 5.79. The minimum Gasteiger partial charge on any atom is -0.261 e. The summed E-state index contributed by atoms with van der Waals surface area (Å²) in [5.41, 5.74) is 2.23. The van der Waals surface area contributed by atoms with Gasteiger partial charge in [-0.1, -0.05) is 0 Å². The lowest BCUT2D eigenvalue weighted by Gasteiger charge is -2.01. The zero-order valence-electron chi connectivity index (χ0n) is 6.58. The minimum atomic E-state index is 0.974. The van der Waals surface area contributed by atoms with Crippen molar-refractivity contribution in [2.45, 2.75) is 6.92 Å². The third kappa shape index (κ3) is 1.18. The molecule has 0 saturated heterocycles. The van der Waals surface area contributed by atoms with E-state index in [0.29, 0.717) is 0 Å². The fourth-order valence-corrected chi connectivity index (χ4v) is 2.09. The van der Waals surface area contributed by atoms with E-state index in [-0.39, 0.29) is 0 Å². The fourth-order valence-electron chi connectivity index (χ4n) is 1.23. The van der Waals surface area contributed by atoms with Gasteiger partial charge in [-0.15, -0.1) is 0 Å². The molecule has 2 rings (SSSR count). The van der Waals surface area contributed by atoms with Crippen LogP contribution in [-0.4, -0.2) is 9.97 Å². The van der Waals surface area contributed by atoms with Crippen LogP contribution in [0, 0.1) is 10.5 Å². The van der Waals surface area contributed by atoms with E-state index in [9.17, 15) is 0 Å². The van der Waals surface area contributed by atoms with E-state index in [1.54, 1.807) is 6.20 Å². The van der Waals surface area contributed by atoms with Crippen molar-refractivity contribution in [3.63, 3.8) is 0 Å². The molecule has 0 bridgehead atoms. The molecule has 0 radical (unpaired) electrons. The summed E-state index contributed by atoms with van der Waals surface area (Å²) in [5, 5.41) is 1.22. The molecule has 0 N–H and O–H groups in total. The van der Waals surface area contributed by atoms with Crippen molar-refractivity contribution in [2.75, 3.05) is 0 Å². The van der Waals surface area contributed by atoms with E-state index in [4.69, 9.17) is 0 Å². The highest BCUT2D eigenvalue weighted by atomic mass is 127. The fraction of sp³-hybridized carbons (Fsp3) is 0.111. The minimum absolute atomic E-state index is 0.974. The largest absolute Gasteiger partial charge is 0.261 e. The normalized spacial score (nSPS) is 10.5. The Morgan fingerprint density at radius 2 is 2.17 bits per heavy atom. The van der Waals surface area contributed by atoms with Crippen LogP contribution < -0.4 is 0 Å². The molecule has 12 heavy (non-hydrogen) atoms. The van der Waals surface area contributed by atoms with Gasteiger partial charge in [-0.2, -0.15) is 0 Å². The van der Waals surface area contributed by atoms with Crippen LogP contribution in [0.25, 0.3) is 10.9 Å². The second-order valence-corrected chi connectivity index (χ2v) is 3.81. The maximum absolute atomic E-state index is 4.24. The Morgan fingerprint density at radius 1 is 1.33 bits per heavy atom. The van der Waals surface area contributed by atoms with Crippen molar-refractivity contribution in [3.8, 4) is 0 Å². The van der Waals surface area contributed by atoms with Crippen LogP contribution in [0.2, 0.25) is 0 Å². The Kier molecular flexibility index (Phi) is 1.96. The summed E-state index contributed by atoms with van der Waals surface area (Å²) in [5.74, 6) is 0.